The Morgan fingerprint density at radius 2 is 1.52 bits per heavy atom. The lowest BCUT2D eigenvalue weighted by molar-refractivity contribution is -0.306. The second-order valence-electron chi connectivity index (χ2n) is 4.84. The zero-order chi connectivity index (χ0) is 16.2. The highest BCUT2D eigenvalue weighted by Crippen LogP contribution is 2.22. The van der Waals surface area contributed by atoms with Crippen molar-refractivity contribution in [3.05, 3.63) is 0 Å². The van der Waals surface area contributed by atoms with E-state index in [9.17, 15) is 25.5 Å². The Balaban J connectivity index is 2.53. The van der Waals surface area contributed by atoms with Gasteiger partial charge in [-0.3, -0.25) is 0 Å². The fraction of sp³-hybridized carbons (Fsp3) is 1.00. The summed E-state index contributed by atoms with van der Waals surface area (Å²) in [4.78, 5) is 0. The van der Waals surface area contributed by atoms with Crippen molar-refractivity contribution in [3.63, 3.8) is 0 Å². The molecule has 10 nitrogen and oxygen atoms in total. The van der Waals surface area contributed by atoms with Crippen molar-refractivity contribution < 1.29 is 50.3 Å². The van der Waals surface area contributed by atoms with Crippen molar-refractivity contribution in [1.82, 2.24) is 0 Å². The van der Waals surface area contributed by atoms with Gasteiger partial charge in [-0.05, 0) is 0 Å². The molecule has 8 N–H and O–H groups in total. The lowest BCUT2D eigenvalue weighted by Gasteiger charge is -2.40. The van der Waals surface area contributed by atoms with Gasteiger partial charge in [0.1, 0.15) is 42.7 Å². The van der Waals surface area contributed by atoms with Gasteiger partial charge in [-0.2, -0.15) is 0 Å². The zero-order valence-corrected chi connectivity index (χ0v) is 11.1. The third-order valence-electron chi connectivity index (χ3n) is 3.26. The second-order valence-corrected chi connectivity index (χ2v) is 4.84. The minimum atomic E-state index is -1.68. The van der Waals surface area contributed by atoms with Gasteiger partial charge in [-0.1, -0.05) is 0 Å². The first-order valence-electron chi connectivity index (χ1n) is 6.40. The van der Waals surface area contributed by atoms with E-state index in [1.165, 1.54) is 0 Å². The van der Waals surface area contributed by atoms with Crippen LogP contribution in [0.25, 0.3) is 0 Å². The number of rotatable bonds is 7. The minimum Gasteiger partial charge on any atom is -0.394 e. The van der Waals surface area contributed by atoms with Crippen LogP contribution in [-0.2, 0) is 9.47 Å². The molecular weight excluding hydrogens is 292 g/mol. The van der Waals surface area contributed by atoms with Crippen molar-refractivity contribution >= 4 is 0 Å². The maximum Gasteiger partial charge on any atom is 0.186 e. The van der Waals surface area contributed by atoms with Crippen LogP contribution in [0.15, 0.2) is 0 Å². The maximum absolute atomic E-state index is 9.65. The standard InChI is InChI=1S/C11H22O10/c12-1-4(14)7(16)5(15)3-20-11-10(19)9(18)8(17)6(2-13)21-11/h4-19H,1-3H2/t4-,5+,6+,7+,8+,9-,10+,11+/m0/s1. The normalized spacial score (nSPS) is 38.0. The molecule has 0 aromatic carbocycles. The molecule has 0 bridgehead atoms. The monoisotopic (exact) mass is 314 g/mol. The molecule has 10 heteroatoms. The maximum atomic E-state index is 9.65. The fourth-order valence-corrected chi connectivity index (χ4v) is 1.86. The number of hydrogen-bond donors (Lipinski definition) is 8. The van der Waals surface area contributed by atoms with E-state index in [-0.39, 0.29) is 0 Å². The van der Waals surface area contributed by atoms with Gasteiger partial charge in [-0.15, -0.1) is 0 Å². The molecule has 0 aromatic rings. The molecule has 0 saturated carbocycles. The molecule has 1 saturated heterocycles. The van der Waals surface area contributed by atoms with Crippen LogP contribution in [0.2, 0.25) is 0 Å². The molecule has 0 aliphatic carbocycles. The summed E-state index contributed by atoms with van der Waals surface area (Å²) in [5, 5.41) is 74.4. The summed E-state index contributed by atoms with van der Waals surface area (Å²) in [6.07, 6.45) is -12.2. The van der Waals surface area contributed by atoms with Crippen LogP contribution in [0.5, 0.6) is 0 Å². The van der Waals surface area contributed by atoms with Crippen molar-refractivity contribution in [2.45, 2.75) is 49.0 Å². The molecule has 1 rings (SSSR count). The highest BCUT2D eigenvalue weighted by atomic mass is 16.7. The van der Waals surface area contributed by atoms with Crippen LogP contribution in [-0.4, -0.2) is 110 Å². The van der Waals surface area contributed by atoms with E-state index in [4.69, 9.17) is 24.8 Å². The lowest BCUT2D eigenvalue weighted by Crippen LogP contribution is -2.59. The Bertz CT molecular complexity index is 301. The molecular formula is C11H22O10. The van der Waals surface area contributed by atoms with Crippen LogP contribution < -0.4 is 0 Å². The Morgan fingerprint density at radius 3 is 2.05 bits per heavy atom. The predicted octanol–water partition coefficient (Wildman–Crippen LogP) is -5.12. The molecule has 21 heavy (non-hydrogen) atoms. The molecule has 8 atom stereocenters. The number of ether oxygens (including phenoxy) is 2. The third kappa shape index (κ3) is 4.53. The van der Waals surface area contributed by atoms with Crippen molar-refractivity contribution in [3.8, 4) is 0 Å². The Morgan fingerprint density at radius 1 is 0.905 bits per heavy atom. The van der Waals surface area contributed by atoms with Gasteiger partial charge in [0.05, 0.1) is 19.8 Å². The Labute approximate surface area is 120 Å². The van der Waals surface area contributed by atoms with Gasteiger partial charge >= 0.3 is 0 Å². The first-order chi connectivity index (χ1) is 9.83. The average Bonchev–Trinajstić information content (AvgIpc) is 2.50. The van der Waals surface area contributed by atoms with Gasteiger partial charge in [0.15, 0.2) is 6.29 Å². The van der Waals surface area contributed by atoms with Gasteiger partial charge in [0.25, 0.3) is 0 Å². The average molecular weight is 314 g/mol. The van der Waals surface area contributed by atoms with Gasteiger partial charge in [0, 0.05) is 0 Å². The largest absolute Gasteiger partial charge is 0.394 e. The zero-order valence-electron chi connectivity index (χ0n) is 11.1. The molecule has 1 aliphatic rings. The first kappa shape index (κ1) is 18.6. The van der Waals surface area contributed by atoms with Gasteiger partial charge in [-0.25, -0.2) is 0 Å². The number of aliphatic hydroxyl groups excluding tert-OH is 8. The highest BCUT2D eigenvalue weighted by Gasteiger charge is 2.44. The summed E-state index contributed by atoms with van der Waals surface area (Å²) in [6.45, 7) is -1.97. The van der Waals surface area contributed by atoms with Crippen LogP contribution in [0.1, 0.15) is 0 Å². The molecule has 1 heterocycles. The summed E-state index contributed by atoms with van der Waals surface area (Å²) in [7, 11) is 0. The highest BCUT2D eigenvalue weighted by molar-refractivity contribution is 4.89. The molecule has 1 aliphatic heterocycles. The van der Waals surface area contributed by atoms with Crippen LogP contribution in [0, 0.1) is 0 Å². The van der Waals surface area contributed by atoms with E-state index in [0.29, 0.717) is 0 Å². The Kier molecular flexibility index (Phi) is 7.36. The summed E-state index contributed by atoms with van der Waals surface area (Å²) >= 11 is 0. The van der Waals surface area contributed by atoms with Crippen molar-refractivity contribution in [2.75, 3.05) is 19.8 Å². The molecule has 0 spiro atoms. The van der Waals surface area contributed by atoms with Crippen molar-refractivity contribution in [1.29, 1.82) is 0 Å². The van der Waals surface area contributed by atoms with E-state index < -0.39 is 68.8 Å². The van der Waals surface area contributed by atoms with E-state index in [1.54, 1.807) is 0 Å². The molecule has 126 valence electrons. The van der Waals surface area contributed by atoms with Crippen LogP contribution >= 0.6 is 0 Å². The van der Waals surface area contributed by atoms with Gasteiger partial charge in [0.2, 0.25) is 0 Å². The summed E-state index contributed by atoms with van der Waals surface area (Å²) in [5.41, 5.74) is 0. The molecule has 1 fully saturated rings. The smallest absolute Gasteiger partial charge is 0.186 e. The third-order valence-corrected chi connectivity index (χ3v) is 3.26. The first-order valence-corrected chi connectivity index (χ1v) is 6.40. The minimum absolute atomic E-state index is 0.582. The quantitative estimate of drug-likeness (QED) is 0.226. The predicted molar refractivity (Wildman–Crippen MR) is 64.8 cm³/mol. The van der Waals surface area contributed by atoms with Crippen LogP contribution in [0.3, 0.4) is 0 Å². The summed E-state index contributed by atoms with van der Waals surface area (Å²) in [6, 6.07) is 0. The summed E-state index contributed by atoms with van der Waals surface area (Å²) in [5.74, 6) is 0. The number of aliphatic hydroxyl groups is 8. The van der Waals surface area contributed by atoms with E-state index in [2.05, 4.69) is 0 Å². The topological polar surface area (TPSA) is 180 Å². The molecule has 0 aromatic heterocycles. The van der Waals surface area contributed by atoms with E-state index >= 15 is 0 Å². The lowest BCUT2D eigenvalue weighted by atomic mass is 9.99. The molecule has 0 amide bonds. The fourth-order valence-electron chi connectivity index (χ4n) is 1.86. The molecule has 0 radical (unpaired) electrons. The van der Waals surface area contributed by atoms with Crippen LogP contribution in [0.4, 0.5) is 0 Å². The van der Waals surface area contributed by atoms with E-state index in [0.717, 1.165) is 0 Å². The number of hydrogen-bond acceptors (Lipinski definition) is 10. The molecule has 0 unspecified atom stereocenters. The second kappa shape index (κ2) is 8.29. The van der Waals surface area contributed by atoms with Gasteiger partial charge < -0.3 is 50.3 Å². The SMILES string of the molecule is OC[C@H](O)[C@@H](O)[C@H](O)CO[C@@H]1O[C@H](CO)[C@@H](O)[C@H](O)[C@H]1O. The summed E-state index contributed by atoms with van der Waals surface area (Å²) < 4.78 is 9.98. The van der Waals surface area contributed by atoms with Crippen molar-refractivity contribution in [2.24, 2.45) is 0 Å². The van der Waals surface area contributed by atoms with E-state index in [1.807, 2.05) is 0 Å². The Hall–Kier alpha value is -0.400.